The van der Waals surface area contributed by atoms with Gasteiger partial charge in [0.1, 0.15) is 0 Å². The molecule has 0 fully saturated rings. The van der Waals surface area contributed by atoms with Crippen LogP contribution in [0.15, 0.2) is 60.8 Å². The Balaban J connectivity index is 1.72. The summed E-state index contributed by atoms with van der Waals surface area (Å²) in [6, 6.07) is 17.2. The first-order valence-electron chi connectivity index (χ1n) is 8.09. The summed E-state index contributed by atoms with van der Waals surface area (Å²) in [5, 5.41) is 3.95. The zero-order valence-electron chi connectivity index (χ0n) is 13.7. The standard InChI is InChI=1S/C20H20N2O2/c1-2-24-14-12-15-8-10-17(11-9-15)20(23)22-18-7-3-5-16-6-4-13-21-19(16)18/h3-11,13H,2,12,14H2,1H3,(H,22,23). The summed E-state index contributed by atoms with van der Waals surface area (Å²) >= 11 is 0. The van der Waals surface area contributed by atoms with E-state index in [0.29, 0.717) is 12.2 Å². The van der Waals surface area contributed by atoms with Gasteiger partial charge in [-0.05, 0) is 43.2 Å². The Morgan fingerprint density at radius 1 is 1.08 bits per heavy atom. The summed E-state index contributed by atoms with van der Waals surface area (Å²) in [6.07, 6.45) is 2.58. The first kappa shape index (κ1) is 16.1. The second-order valence-corrected chi connectivity index (χ2v) is 5.48. The van der Waals surface area contributed by atoms with Crippen molar-refractivity contribution in [1.82, 2.24) is 4.98 Å². The van der Waals surface area contributed by atoms with Crippen molar-refractivity contribution in [2.75, 3.05) is 18.5 Å². The predicted octanol–water partition coefficient (Wildman–Crippen LogP) is 4.07. The number of hydrogen-bond acceptors (Lipinski definition) is 3. The van der Waals surface area contributed by atoms with E-state index in [4.69, 9.17) is 4.74 Å². The van der Waals surface area contributed by atoms with Crippen molar-refractivity contribution in [3.05, 3.63) is 71.9 Å². The van der Waals surface area contributed by atoms with E-state index in [2.05, 4.69) is 10.3 Å². The van der Waals surface area contributed by atoms with Gasteiger partial charge >= 0.3 is 0 Å². The summed E-state index contributed by atoms with van der Waals surface area (Å²) in [5.41, 5.74) is 3.30. The molecule has 0 radical (unpaired) electrons. The van der Waals surface area contributed by atoms with Gasteiger partial charge in [-0.15, -0.1) is 0 Å². The van der Waals surface area contributed by atoms with Gasteiger partial charge in [-0.3, -0.25) is 9.78 Å². The van der Waals surface area contributed by atoms with Crippen LogP contribution < -0.4 is 5.32 Å². The Morgan fingerprint density at radius 2 is 1.88 bits per heavy atom. The minimum Gasteiger partial charge on any atom is -0.381 e. The number of rotatable bonds is 6. The van der Waals surface area contributed by atoms with Gasteiger partial charge in [-0.2, -0.15) is 0 Å². The van der Waals surface area contributed by atoms with Crippen LogP contribution in [-0.2, 0) is 11.2 Å². The first-order valence-corrected chi connectivity index (χ1v) is 8.09. The van der Waals surface area contributed by atoms with Crippen LogP contribution in [0.5, 0.6) is 0 Å². The van der Waals surface area contributed by atoms with E-state index in [-0.39, 0.29) is 5.91 Å². The van der Waals surface area contributed by atoms with Gasteiger partial charge in [-0.25, -0.2) is 0 Å². The second-order valence-electron chi connectivity index (χ2n) is 5.48. The number of carbonyl (C=O) groups is 1. The Bertz CT molecular complexity index is 823. The number of ether oxygens (including phenoxy) is 1. The van der Waals surface area contributed by atoms with Crippen molar-refractivity contribution < 1.29 is 9.53 Å². The Hall–Kier alpha value is -2.72. The summed E-state index contributed by atoms with van der Waals surface area (Å²) in [4.78, 5) is 16.8. The largest absolute Gasteiger partial charge is 0.381 e. The molecule has 0 spiro atoms. The molecule has 1 N–H and O–H groups in total. The minimum atomic E-state index is -0.135. The molecule has 0 bridgehead atoms. The lowest BCUT2D eigenvalue weighted by molar-refractivity contribution is 0.102. The third-order valence-electron chi connectivity index (χ3n) is 3.84. The molecule has 3 rings (SSSR count). The van der Waals surface area contributed by atoms with Crippen LogP contribution in [0, 0.1) is 0 Å². The van der Waals surface area contributed by atoms with E-state index in [0.717, 1.165) is 35.2 Å². The fraction of sp³-hybridized carbons (Fsp3) is 0.200. The van der Waals surface area contributed by atoms with E-state index in [1.54, 1.807) is 6.20 Å². The lowest BCUT2D eigenvalue weighted by Gasteiger charge is -2.08. The van der Waals surface area contributed by atoms with Gasteiger partial charge in [-0.1, -0.05) is 30.3 Å². The maximum Gasteiger partial charge on any atom is 0.255 e. The fourth-order valence-corrected chi connectivity index (χ4v) is 2.56. The molecule has 4 nitrogen and oxygen atoms in total. The zero-order chi connectivity index (χ0) is 16.8. The smallest absolute Gasteiger partial charge is 0.255 e. The van der Waals surface area contributed by atoms with Crippen molar-refractivity contribution in [1.29, 1.82) is 0 Å². The van der Waals surface area contributed by atoms with Crippen molar-refractivity contribution in [3.8, 4) is 0 Å². The van der Waals surface area contributed by atoms with Gasteiger partial charge in [0, 0.05) is 23.8 Å². The Labute approximate surface area is 141 Å². The van der Waals surface area contributed by atoms with E-state index >= 15 is 0 Å². The number of hydrogen-bond donors (Lipinski definition) is 1. The molecule has 2 aromatic carbocycles. The average molecular weight is 320 g/mol. The number of benzene rings is 2. The third kappa shape index (κ3) is 3.78. The third-order valence-corrected chi connectivity index (χ3v) is 3.84. The minimum absolute atomic E-state index is 0.135. The molecule has 0 saturated carbocycles. The summed E-state index contributed by atoms with van der Waals surface area (Å²) < 4.78 is 5.35. The van der Waals surface area contributed by atoms with E-state index in [1.807, 2.05) is 61.5 Å². The number of pyridine rings is 1. The molecule has 0 atom stereocenters. The highest BCUT2D eigenvalue weighted by Gasteiger charge is 2.09. The maximum atomic E-state index is 12.5. The van der Waals surface area contributed by atoms with E-state index in [1.165, 1.54) is 0 Å². The van der Waals surface area contributed by atoms with Gasteiger partial charge < -0.3 is 10.1 Å². The Kier molecular flexibility index (Phi) is 5.18. The Morgan fingerprint density at radius 3 is 2.67 bits per heavy atom. The van der Waals surface area contributed by atoms with Crippen molar-refractivity contribution in [2.24, 2.45) is 0 Å². The molecule has 1 amide bonds. The van der Waals surface area contributed by atoms with Crippen LogP contribution in [0.2, 0.25) is 0 Å². The predicted molar refractivity (Wildman–Crippen MR) is 96.3 cm³/mol. The molecular weight excluding hydrogens is 300 g/mol. The molecular formula is C20H20N2O2. The molecule has 1 heterocycles. The number of fused-ring (bicyclic) bond motifs is 1. The fourth-order valence-electron chi connectivity index (χ4n) is 2.56. The topological polar surface area (TPSA) is 51.2 Å². The zero-order valence-corrected chi connectivity index (χ0v) is 13.7. The molecule has 4 heteroatoms. The maximum absolute atomic E-state index is 12.5. The lowest BCUT2D eigenvalue weighted by atomic mass is 10.1. The number of para-hydroxylation sites is 1. The monoisotopic (exact) mass is 320 g/mol. The number of nitrogens with zero attached hydrogens (tertiary/aromatic N) is 1. The molecule has 3 aromatic rings. The van der Waals surface area contributed by atoms with Crippen LogP contribution >= 0.6 is 0 Å². The molecule has 0 unspecified atom stereocenters. The number of nitrogens with one attached hydrogen (secondary N) is 1. The highest BCUT2D eigenvalue weighted by atomic mass is 16.5. The average Bonchev–Trinajstić information content (AvgIpc) is 2.63. The summed E-state index contributed by atoms with van der Waals surface area (Å²) in [5.74, 6) is -0.135. The van der Waals surface area contributed by atoms with Crippen LogP contribution in [0.4, 0.5) is 5.69 Å². The highest BCUT2D eigenvalue weighted by molar-refractivity contribution is 6.08. The first-order chi connectivity index (χ1) is 11.8. The molecule has 1 aromatic heterocycles. The van der Waals surface area contributed by atoms with Gasteiger partial charge in [0.25, 0.3) is 5.91 Å². The number of amides is 1. The highest BCUT2D eigenvalue weighted by Crippen LogP contribution is 2.21. The van der Waals surface area contributed by atoms with Gasteiger partial charge in [0.05, 0.1) is 17.8 Å². The number of carbonyl (C=O) groups excluding carboxylic acids is 1. The van der Waals surface area contributed by atoms with Crippen molar-refractivity contribution in [3.63, 3.8) is 0 Å². The van der Waals surface area contributed by atoms with Crippen molar-refractivity contribution >= 4 is 22.5 Å². The molecule has 0 aliphatic heterocycles. The molecule has 0 saturated heterocycles. The quantitative estimate of drug-likeness (QED) is 0.697. The van der Waals surface area contributed by atoms with Crippen LogP contribution in [0.25, 0.3) is 10.9 Å². The number of anilines is 1. The molecule has 0 aliphatic rings. The SMILES string of the molecule is CCOCCc1ccc(C(=O)Nc2cccc3cccnc23)cc1. The van der Waals surface area contributed by atoms with E-state index in [9.17, 15) is 4.79 Å². The van der Waals surface area contributed by atoms with Crippen molar-refractivity contribution in [2.45, 2.75) is 13.3 Å². The second kappa shape index (κ2) is 7.70. The summed E-state index contributed by atoms with van der Waals surface area (Å²) in [6.45, 7) is 3.40. The molecule has 24 heavy (non-hydrogen) atoms. The molecule has 122 valence electrons. The van der Waals surface area contributed by atoms with Crippen LogP contribution in [0.3, 0.4) is 0 Å². The van der Waals surface area contributed by atoms with Gasteiger partial charge in [0.15, 0.2) is 0 Å². The summed E-state index contributed by atoms with van der Waals surface area (Å²) in [7, 11) is 0. The van der Waals surface area contributed by atoms with Gasteiger partial charge in [0.2, 0.25) is 0 Å². The normalized spacial score (nSPS) is 10.7. The molecule has 0 aliphatic carbocycles. The number of aromatic nitrogens is 1. The van der Waals surface area contributed by atoms with Crippen LogP contribution in [0.1, 0.15) is 22.8 Å². The van der Waals surface area contributed by atoms with E-state index < -0.39 is 0 Å². The lowest BCUT2D eigenvalue weighted by Crippen LogP contribution is -2.12. The van der Waals surface area contributed by atoms with Crippen LogP contribution in [-0.4, -0.2) is 24.1 Å².